The van der Waals surface area contributed by atoms with Gasteiger partial charge in [-0.25, -0.2) is 9.37 Å². The van der Waals surface area contributed by atoms with Crippen LogP contribution in [0, 0.1) is 5.82 Å². The van der Waals surface area contributed by atoms with Crippen LogP contribution >= 0.6 is 0 Å². The molecule has 0 fully saturated rings. The van der Waals surface area contributed by atoms with Gasteiger partial charge in [-0.1, -0.05) is 0 Å². The van der Waals surface area contributed by atoms with E-state index in [1.165, 1.54) is 12.1 Å². The van der Waals surface area contributed by atoms with Crippen molar-refractivity contribution in [2.24, 2.45) is 0 Å². The molecule has 98 valence electrons. The van der Waals surface area contributed by atoms with Crippen molar-refractivity contribution in [2.75, 3.05) is 25.1 Å². The molecule has 0 aliphatic heterocycles. The van der Waals surface area contributed by atoms with Gasteiger partial charge in [-0.05, 0) is 37.5 Å². The fraction of sp³-hybridized carbons (Fsp3) is 0.462. The van der Waals surface area contributed by atoms with Crippen LogP contribution in [0.4, 0.5) is 10.3 Å². The van der Waals surface area contributed by atoms with E-state index >= 15 is 0 Å². The van der Waals surface area contributed by atoms with Crippen molar-refractivity contribution in [3.05, 3.63) is 24.0 Å². The molecule has 0 saturated carbocycles. The maximum Gasteiger partial charge on any atom is 0.203 e. The zero-order valence-electron chi connectivity index (χ0n) is 10.5. The lowest BCUT2D eigenvalue weighted by Gasteiger charge is -2.15. The van der Waals surface area contributed by atoms with Gasteiger partial charge in [0, 0.05) is 20.2 Å². The standard InChI is InChI=1S/C13H18FN3O/c1-17(7-3-2-4-8-18)13-15-11-6-5-10(14)9-12(11)16-13/h5-6,9,18H,2-4,7-8H2,1H3,(H,15,16). The molecule has 18 heavy (non-hydrogen) atoms. The summed E-state index contributed by atoms with van der Waals surface area (Å²) >= 11 is 0. The van der Waals surface area contributed by atoms with Crippen molar-refractivity contribution < 1.29 is 9.50 Å². The molecule has 1 aromatic heterocycles. The fourth-order valence-corrected chi connectivity index (χ4v) is 1.89. The third kappa shape index (κ3) is 2.98. The zero-order valence-corrected chi connectivity index (χ0v) is 10.5. The van der Waals surface area contributed by atoms with Crippen molar-refractivity contribution >= 4 is 17.0 Å². The molecule has 0 radical (unpaired) electrons. The van der Waals surface area contributed by atoms with Gasteiger partial charge in [0.25, 0.3) is 0 Å². The van der Waals surface area contributed by atoms with Crippen LogP contribution in [0.15, 0.2) is 18.2 Å². The minimum absolute atomic E-state index is 0.244. The predicted octanol–water partition coefficient (Wildman–Crippen LogP) is 2.30. The van der Waals surface area contributed by atoms with Crippen LogP contribution in [0.3, 0.4) is 0 Å². The minimum atomic E-state index is -0.261. The van der Waals surface area contributed by atoms with Crippen molar-refractivity contribution in [2.45, 2.75) is 19.3 Å². The molecule has 0 aliphatic rings. The number of H-pyrrole nitrogens is 1. The molecule has 0 spiro atoms. The van der Waals surface area contributed by atoms with Crippen LogP contribution in [0.5, 0.6) is 0 Å². The van der Waals surface area contributed by atoms with E-state index in [4.69, 9.17) is 5.11 Å². The van der Waals surface area contributed by atoms with E-state index in [1.807, 2.05) is 11.9 Å². The summed E-state index contributed by atoms with van der Waals surface area (Å²) < 4.78 is 13.0. The van der Waals surface area contributed by atoms with Crippen molar-refractivity contribution in [1.29, 1.82) is 0 Å². The second kappa shape index (κ2) is 5.82. The molecule has 2 rings (SSSR count). The van der Waals surface area contributed by atoms with Crippen LogP contribution in [0.25, 0.3) is 11.0 Å². The zero-order chi connectivity index (χ0) is 13.0. The first-order chi connectivity index (χ1) is 8.70. The lowest BCUT2D eigenvalue weighted by Crippen LogP contribution is -2.19. The molecular weight excluding hydrogens is 233 g/mol. The second-order valence-electron chi connectivity index (χ2n) is 4.43. The lowest BCUT2D eigenvalue weighted by molar-refractivity contribution is 0.283. The Bertz CT molecular complexity index is 512. The van der Waals surface area contributed by atoms with E-state index in [9.17, 15) is 4.39 Å². The first-order valence-corrected chi connectivity index (χ1v) is 6.18. The Morgan fingerprint density at radius 3 is 2.94 bits per heavy atom. The molecule has 1 aromatic carbocycles. The van der Waals surface area contributed by atoms with Crippen LogP contribution in [-0.4, -0.2) is 35.3 Å². The summed E-state index contributed by atoms with van der Waals surface area (Å²) in [7, 11) is 1.95. The molecule has 0 bridgehead atoms. The summed E-state index contributed by atoms with van der Waals surface area (Å²) in [4.78, 5) is 9.52. The van der Waals surface area contributed by atoms with E-state index in [2.05, 4.69) is 9.97 Å². The molecule has 1 heterocycles. The van der Waals surface area contributed by atoms with Gasteiger partial charge in [-0.15, -0.1) is 0 Å². The molecule has 2 N–H and O–H groups in total. The largest absolute Gasteiger partial charge is 0.396 e. The number of aromatic amines is 1. The lowest BCUT2D eigenvalue weighted by atomic mass is 10.2. The van der Waals surface area contributed by atoms with E-state index in [0.29, 0.717) is 5.52 Å². The predicted molar refractivity (Wildman–Crippen MR) is 70.3 cm³/mol. The average molecular weight is 251 g/mol. The summed E-state index contributed by atoms with van der Waals surface area (Å²) in [6.07, 6.45) is 2.83. The van der Waals surface area contributed by atoms with Gasteiger partial charge < -0.3 is 15.0 Å². The number of nitrogens with one attached hydrogen (secondary N) is 1. The summed E-state index contributed by atoms with van der Waals surface area (Å²) in [5.41, 5.74) is 1.49. The van der Waals surface area contributed by atoms with Gasteiger partial charge in [0.15, 0.2) is 0 Å². The van der Waals surface area contributed by atoms with E-state index < -0.39 is 0 Å². The topological polar surface area (TPSA) is 52.1 Å². The summed E-state index contributed by atoms with van der Waals surface area (Å²) in [5.74, 6) is 0.489. The number of aliphatic hydroxyl groups is 1. The van der Waals surface area contributed by atoms with Gasteiger partial charge in [-0.3, -0.25) is 0 Å². The molecule has 2 aromatic rings. The number of hydrogen-bond acceptors (Lipinski definition) is 3. The monoisotopic (exact) mass is 251 g/mol. The number of anilines is 1. The Balaban J connectivity index is 2.01. The van der Waals surface area contributed by atoms with Gasteiger partial charge >= 0.3 is 0 Å². The SMILES string of the molecule is CN(CCCCCO)c1nc2ccc(F)cc2[nH]1. The Hall–Kier alpha value is -1.62. The Labute approximate surface area is 105 Å². The third-order valence-electron chi connectivity index (χ3n) is 2.94. The number of aromatic nitrogens is 2. The number of benzene rings is 1. The second-order valence-corrected chi connectivity index (χ2v) is 4.43. The van der Waals surface area contributed by atoms with E-state index in [-0.39, 0.29) is 12.4 Å². The highest BCUT2D eigenvalue weighted by Gasteiger charge is 2.07. The van der Waals surface area contributed by atoms with Crippen LogP contribution in [0.2, 0.25) is 0 Å². The summed E-state index contributed by atoms with van der Waals surface area (Å²) in [5, 5.41) is 8.70. The quantitative estimate of drug-likeness (QED) is 0.775. The maximum absolute atomic E-state index is 13.0. The first kappa shape index (κ1) is 12.8. The van der Waals surface area contributed by atoms with Gasteiger partial charge in [0.1, 0.15) is 5.82 Å². The van der Waals surface area contributed by atoms with Crippen LogP contribution in [-0.2, 0) is 0 Å². The van der Waals surface area contributed by atoms with Gasteiger partial charge in [0.05, 0.1) is 11.0 Å². The molecule has 0 amide bonds. The number of aliphatic hydroxyl groups excluding tert-OH is 1. The van der Waals surface area contributed by atoms with Crippen molar-refractivity contribution in [1.82, 2.24) is 9.97 Å². The average Bonchev–Trinajstić information content (AvgIpc) is 2.77. The van der Waals surface area contributed by atoms with E-state index in [1.54, 1.807) is 6.07 Å². The highest BCUT2D eigenvalue weighted by molar-refractivity contribution is 5.77. The molecule has 0 aliphatic carbocycles. The van der Waals surface area contributed by atoms with E-state index in [0.717, 1.165) is 37.3 Å². The van der Waals surface area contributed by atoms with Crippen molar-refractivity contribution in [3.8, 4) is 0 Å². The molecule has 4 nitrogen and oxygen atoms in total. The highest BCUT2D eigenvalue weighted by Crippen LogP contribution is 2.17. The molecule has 5 heteroatoms. The molecule has 0 atom stereocenters. The summed E-state index contributed by atoms with van der Waals surface area (Å²) in [6, 6.07) is 4.53. The van der Waals surface area contributed by atoms with Crippen LogP contribution in [0.1, 0.15) is 19.3 Å². The molecule has 0 unspecified atom stereocenters. The molecule has 0 saturated heterocycles. The number of hydrogen-bond donors (Lipinski definition) is 2. The number of rotatable bonds is 6. The number of nitrogens with zero attached hydrogens (tertiary/aromatic N) is 2. The van der Waals surface area contributed by atoms with Crippen LogP contribution < -0.4 is 4.90 Å². The molecular formula is C13H18FN3O. The first-order valence-electron chi connectivity index (χ1n) is 6.18. The number of fused-ring (bicyclic) bond motifs is 1. The smallest absolute Gasteiger partial charge is 0.203 e. The van der Waals surface area contributed by atoms with Gasteiger partial charge in [-0.2, -0.15) is 0 Å². The Morgan fingerprint density at radius 1 is 1.33 bits per heavy atom. The highest BCUT2D eigenvalue weighted by atomic mass is 19.1. The van der Waals surface area contributed by atoms with Gasteiger partial charge in [0.2, 0.25) is 5.95 Å². The number of unbranched alkanes of at least 4 members (excludes halogenated alkanes) is 2. The number of halogens is 1. The van der Waals surface area contributed by atoms with Crippen molar-refractivity contribution in [3.63, 3.8) is 0 Å². The maximum atomic E-state index is 13.0. The minimum Gasteiger partial charge on any atom is -0.396 e. The number of imidazole rings is 1. The normalized spacial score (nSPS) is 11.1. The third-order valence-corrected chi connectivity index (χ3v) is 2.94. The summed E-state index contributed by atoms with van der Waals surface area (Å²) in [6.45, 7) is 1.11. The fourth-order valence-electron chi connectivity index (χ4n) is 1.89. The Kier molecular flexibility index (Phi) is 4.15. The Morgan fingerprint density at radius 2 is 2.17 bits per heavy atom.